The third-order valence-corrected chi connectivity index (χ3v) is 2.61. The Morgan fingerprint density at radius 1 is 0.952 bits per heavy atom. The van der Waals surface area contributed by atoms with Crippen molar-refractivity contribution in [2.24, 2.45) is 0 Å². The van der Waals surface area contributed by atoms with Crippen molar-refractivity contribution in [2.75, 3.05) is 6.61 Å². The summed E-state index contributed by atoms with van der Waals surface area (Å²) in [5, 5.41) is 0. The molecular formula is C12H16F2O7. The molecule has 0 aliphatic carbocycles. The van der Waals surface area contributed by atoms with Crippen molar-refractivity contribution in [3.05, 3.63) is 0 Å². The number of carbonyl (C=O) groups is 3. The molecule has 3 unspecified atom stereocenters. The molecule has 0 radical (unpaired) electrons. The highest BCUT2D eigenvalue weighted by Crippen LogP contribution is 2.29. The van der Waals surface area contributed by atoms with E-state index >= 15 is 0 Å². The first kappa shape index (κ1) is 17.3. The van der Waals surface area contributed by atoms with Crippen molar-refractivity contribution in [1.82, 2.24) is 0 Å². The van der Waals surface area contributed by atoms with Crippen molar-refractivity contribution in [1.29, 1.82) is 0 Å². The summed E-state index contributed by atoms with van der Waals surface area (Å²) in [6.45, 7) is 2.68. The predicted octanol–water partition coefficient (Wildman–Crippen LogP) is 0.445. The molecule has 9 heteroatoms. The van der Waals surface area contributed by atoms with Crippen LogP contribution in [0.2, 0.25) is 0 Å². The van der Waals surface area contributed by atoms with Gasteiger partial charge in [-0.05, 0) is 0 Å². The lowest BCUT2D eigenvalue weighted by molar-refractivity contribution is -0.259. The molecule has 0 aromatic heterocycles. The van der Waals surface area contributed by atoms with Crippen LogP contribution in [0.25, 0.3) is 0 Å². The number of alkyl halides is 2. The number of hydrogen-bond donors (Lipinski definition) is 0. The van der Waals surface area contributed by atoms with Gasteiger partial charge in [-0.3, -0.25) is 14.4 Å². The Morgan fingerprint density at radius 3 is 1.95 bits per heavy atom. The van der Waals surface area contributed by atoms with Gasteiger partial charge in [-0.1, -0.05) is 0 Å². The molecule has 0 aromatic rings. The lowest BCUT2D eigenvalue weighted by atomic mass is 10.00. The molecule has 0 saturated carbocycles. The molecular weight excluding hydrogens is 294 g/mol. The summed E-state index contributed by atoms with van der Waals surface area (Å²) in [4.78, 5) is 32.8. The fourth-order valence-electron chi connectivity index (χ4n) is 1.85. The predicted molar refractivity (Wildman–Crippen MR) is 62.4 cm³/mol. The van der Waals surface area contributed by atoms with E-state index in [4.69, 9.17) is 4.74 Å². The van der Waals surface area contributed by atoms with Crippen molar-refractivity contribution in [3.8, 4) is 0 Å². The van der Waals surface area contributed by atoms with E-state index in [9.17, 15) is 23.2 Å². The fourth-order valence-corrected chi connectivity index (χ4v) is 1.85. The molecule has 0 amide bonds. The van der Waals surface area contributed by atoms with E-state index in [1.165, 1.54) is 0 Å². The Bertz CT molecular complexity index is 414. The second-order valence-electron chi connectivity index (χ2n) is 4.42. The van der Waals surface area contributed by atoms with Crippen LogP contribution in [0.15, 0.2) is 0 Å². The zero-order chi connectivity index (χ0) is 16.2. The van der Waals surface area contributed by atoms with Crippen molar-refractivity contribution < 1.29 is 42.1 Å². The molecule has 1 heterocycles. The zero-order valence-corrected chi connectivity index (χ0v) is 11.7. The quantitative estimate of drug-likeness (QED) is 0.550. The minimum atomic E-state index is -2.40. The van der Waals surface area contributed by atoms with Crippen LogP contribution in [0, 0.1) is 0 Å². The van der Waals surface area contributed by atoms with Crippen LogP contribution < -0.4 is 0 Å². The van der Waals surface area contributed by atoms with E-state index in [-0.39, 0.29) is 0 Å². The van der Waals surface area contributed by atoms with Crippen molar-refractivity contribution in [3.63, 3.8) is 0 Å². The summed E-state index contributed by atoms with van der Waals surface area (Å²) in [7, 11) is 0. The molecule has 0 N–H and O–H groups in total. The second-order valence-corrected chi connectivity index (χ2v) is 4.42. The Labute approximate surface area is 119 Å². The summed E-state index contributed by atoms with van der Waals surface area (Å²) < 4.78 is 46.1. The van der Waals surface area contributed by atoms with Crippen LogP contribution in [0.1, 0.15) is 20.8 Å². The summed E-state index contributed by atoms with van der Waals surface area (Å²) in [5.74, 6) is -2.36. The summed E-state index contributed by atoms with van der Waals surface area (Å²) >= 11 is 0. The number of rotatable bonds is 4. The smallest absolute Gasteiger partial charge is 0.303 e. The minimum absolute atomic E-state index is 0.474. The van der Waals surface area contributed by atoms with Gasteiger partial charge >= 0.3 is 17.9 Å². The molecule has 1 fully saturated rings. The first-order valence-electron chi connectivity index (χ1n) is 6.13. The fraction of sp³-hybridized carbons (Fsp3) is 0.750. The van der Waals surface area contributed by atoms with Gasteiger partial charge in [0.05, 0.1) is 0 Å². The third kappa shape index (κ3) is 4.92. The lowest BCUT2D eigenvalue weighted by Gasteiger charge is -2.39. The molecule has 1 aliphatic rings. The molecule has 5 atom stereocenters. The van der Waals surface area contributed by atoms with Gasteiger partial charge in [0.15, 0.2) is 18.4 Å². The number of carbonyl (C=O) groups excluding carboxylic acids is 3. The zero-order valence-electron chi connectivity index (χ0n) is 11.7. The molecule has 21 heavy (non-hydrogen) atoms. The second kappa shape index (κ2) is 7.30. The molecule has 7 nitrogen and oxygen atoms in total. The highest BCUT2D eigenvalue weighted by Gasteiger charge is 2.51. The topological polar surface area (TPSA) is 88.1 Å². The van der Waals surface area contributed by atoms with E-state index in [0.29, 0.717) is 0 Å². The van der Waals surface area contributed by atoms with Crippen LogP contribution in [0.5, 0.6) is 0 Å². The van der Waals surface area contributed by atoms with Gasteiger partial charge < -0.3 is 18.9 Å². The number of ether oxygens (including phenoxy) is 4. The Morgan fingerprint density at radius 2 is 1.48 bits per heavy atom. The number of esters is 3. The van der Waals surface area contributed by atoms with Crippen LogP contribution in [-0.4, -0.2) is 55.4 Å². The first-order valence-corrected chi connectivity index (χ1v) is 6.13. The number of halogens is 2. The van der Waals surface area contributed by atoms with Gasteiger partial charge in [0, 0.05) is 20.8 Å². The van der Waals surface area contributed by atoms with Gasteiger partial charge in [-0.2, -0.15) is 0 Å². The van der Waals surface area contributed by atoms with Crippen molar-refractivity contribution in [2.45, 2.75) is 51.6 Å². The summed E-state index contributed by atoms with van der Waals surface area (Å²) in [5.41, 5.74) is 0. The van der Waals surface area contributed by atoms with Gasteiger partial charge in [-0.15, -0.1) is 0 Å². The SMILES string of the molecule is CC(=O)OCC1O[C@@H](F)C(F)C(OC(C)=O)[C@@H]1OC(C)=O. The standard InChI is InChI=1S/C12H16F2O7/c1-5(15)18-4-8-10(19-6(2)16)11(20-7(3)17)9(13)12(14)21-8/h8-12H,4H2,1-3H3/t8?,9?,10-,11?,12-/m1/s1. The molecule has 0 bridgehead atoms. The van der Waals surface area contributed by atoms with Gasteiger partial charge in [-0.25, -0.2) is 8.78 Å². The van der Waals surface area contributed by atoms with Gasteiger partial charge in [0.1, 0.15) is 12.7 Å². The molecule has 1 saturated heterocycles. The summed E-state index contributed by atoms with van der Waals surface area (Å²) in [6.07, 6.45) is -9.12. The largest absolute Gasteiger partial charge is 0.463 e. The first-order chi connectivity index (χ1) is 9.72. The maximum atomic E-state index is 13.8. The third-order valence-electron chi connectivity index (χ3n) is 2.61. The average molecular weight is 310 g/mol. The highest BCUT2D eigenvalue weighted by atomic mass is 19.2. The minimum Gasteiger partial charge on any atom is -0.463 e. The monoisotopic (exact) mass is 310 g/mol. The van der Waals surface area contributed by atoms with E-state index in [0.717, 1.165) is 20.8 Å². The molecule has 120 valence electrons. The molecule has 0 spiro atoms. The van der Waals surface area contributed by atoms with Gasteiger partial charge in [0.25, 0.3) is 0 Å². The maximum absolute atomic E-state index is 13.8. The Hall–Kier alpha value is -1.77. The van der Waals surface area contributed by atoms with E-state index < -0.39 is 55.4 Å². The van der Waals surface area contributed by atoms with Crippen molar-refractivity contribution >= 4 is 17.9 Å². The van der Waals surface area contributed by atoms with Gasteiger partial charge in [0.2, 0.25) is 6.36 Å². The van der Waals surface area contributed by atoms with E-state index in [2.05, 4.69) is 14.2 Å². The summed E-state index contributed by atoms with van der Waals surface area (Å²) in [6, 6.07) is 0. The highest BCUT2D eigenvalue weighted by molar-refractivity contribution is 5.67. The molecule has 1 aliphatic heterocycles. The van der Waals surface area contributed by atoms with E-state index in [1.807, 2.05) is 0 Å². The number of hydrogen-bond acceptors (Lipinski definition) is 7. The van der Waals surface area contributed by atoms with E-state index in [1.54, 1.807) is 0 Å². The van der Waals surface area contributed by atoms with Crippen LogP contribution >= 0.6 is 0 Å². The Kier molecular flexibility index (Phi) is 6.01. The normalized spacial score (nSPS) is 32.1. The lowest BCUT2D eigenvalue weighted by Crippen LogP contribution is -2.58. The van der Waals surface area contributed by atoms with Crippen LogP contribution in [0.3, 0.4) is 0 Å². The molecule has 1 rings (SSSR count). The van der Waals surface area contributed by atoms with Crippen LogP contribution in [0.4, 0.5) is 8.78 Å². The maximum Gasteiger partial charge on any atom is 0.303 e. The average Bonchev–Trinajstić information content (AvgIpc) is 2.35. The Balaban J connectivity index is 2.94. The molecule has 0 aromatic carbocycles. The van der Waals surface area contributed by atoms with Crippen LogP contribution in [-0.2, 0) is 33.3 Å².